The van der Waals surface area contributed by atoms with Crippen molar-refractivity contribution in [2.24, 2.45) is 0 Å². The smallest absolute Gasteiger partial charge is 0.0693 e. The maximum atomic E-state index is 10.3. The number of nitrogens with one attached hydrogen (secondary N) is 2. The van der Waals surface area contributed by atoms with E-state index in [1.807, 2.05) is 0 Å². The van der Waals surface area contributed by atoms with E-state index in [-0.39, 0.29) is 12.1 Å². The van der Waals surface area contributed by atoms with Crippen molar-refractivity contribution in [2.75, 3.05) is 19.6 Å². The van der Waals surface area contributed by atoms with E-state index in [0.717, 1.165) is 38.9 Å². The van der Waals surface area contributed by atoms with Gasteiger partial charge in [-0.2, -0.15) is 0 Å². The lowest BCUT2D eigenvalue weighted by Gasteiger charge is -2.24. The third kappa shape index (κ3) is 11.7. The summed E-state index contributed by atoms with van der Waals surface area (Å²) in [5, 5.41) is 17.4. The topological polar surface area (TPSA) is 44.3 Å². The Hall–Kier alpha value is -0.120. The normalized spacial score (nSPS) is 14.4. The quantitative estimate of drug-likeness (QED) is 0.404. The van der Waals surface area contributed by atoms with Gasteiger partial charge in [-0.3, -0.25) is 0 Å². The molecule has 3 N–H and O–H groups in total. The first-order valence-electron chi connectivity index (χ1n) is 8.88. The van der Waals surface area contributed by atoms with Crippen LogP contribution in [-0.4, -0.2) is 36.9 Å². The Kier molecular flexibility index (Phi) is 15.2. The summed E-state index contributed by atoms with van der Waals surface area (Å²) in [5.41, 5.74) is 0. The fourth-order valence-corrected chi connectivity index (χ4v) is 2.38. The second kappa shape index (κ2) is 15.3. The fraction of sp³-hybridized carbons (Fsp3) is 1.00. The molecule has 0 fully saturated rings. The van der Waals surface area contributed by atoms with Gasteiger partial charge in [0.05, 0.1) is 6.10 Å². The summed E-state index contributed by atoms with van der Waals surface area (Å²) >= 11 is 0. The maximum Gasteiger partial charge on any atom is 0.0693 e. The first-order valence-corrected chi connectivity index (χ1v) is 8.88. The molecular formula is C17H38N2O. The van der Waals surface area contributed by atoms with E-state index >= 15 is 0 Å². The van der Waals surface area contributed by atoms with Crippen molar-refractivity contribution >= 4 is 0 Å². The lowest BCUT2D eigenvalue weighted by atomic mass is 10.0. The van der Waals surface area contributed by atoms with Gasteiger partial charge in [0, 0.05) is 6.04 Å². The summed E-state index contributed by atoms with van der Waals surface area (Å²) in [6, 6.07) is 0.257. The second-order valence-electron chi connectivity index (χ2n) is 5.87. The molecule has 2 atom stereocenters. The third-order valence-electron chi connectivity index (χ3n) is 3.84. The Labute approximate surface area is 126 Å². The van der Waals surface area contributed by atoms with E-state index in [1.165, 1.54) is 38.5 Å². The highest BCUT2D eigenvalue weighted by Gasteiger charge is 2.17. The molecule has 2 unspecified atom stereocenters. The molecule has 0 radical (unpaired) electrons. The van der Waals surface area contributed by atoms with Gasteiger partial charge in [0.15, 0.2) is 0 Å². The predicted molar refractivity (Wildman–Crippen MR) is 89.2 cm³/mol. The van der Waals surface area contributed by atoms with Crippen LogP contribution in [0.5, 0.6) is 0 Å². The van der Waals surface area contributed by atoms with Crippen molar-refractivity contribution in [1.82, 2.24) is 10.6 Å². The van der Waals surface area contributed by atoms with Gasteiger partial charge in [-0.25, -0.2) is 0 Å². The second-order valence-corrected chi connectivity index (χ2v) is 5.87. The molecule has 0 aromatic carbocycles. The molecule has 0 spiro atoms. The number of hydrogen-bond donors (Lipinski definition) is 3. The fourth-order valence-electron chi connectivity index (χ4n) is 2.38. The summed E-state index contributed by atoms with van der Waals surface area (Å²) in [6.07, 6.45) is 10.3. The predicted octanol–water partition coefficient (Wildman–Crippen LogP) is 3.47. The SMILES string of the molecule is CCCCCC(O)C(CCNCCCC)NCCCC. The van der Waals surface area contributed by atoms with Crippen LogP contribution in [0.1, 0.15) is 78.6 Å². The van der Waals surface area contributed by atoms with Crippen LogP contribution in [0.2, 0.25) is 0 Å². The Bertz CT molecular complexity index is 188. The Morgan fingerprint density at radius 3 is 2.05 bits per heavy atom. The van der Waals surface area contributed by atoms with Crippen LogP contribution in [0.3, 0.4) is 0 Å². The minimum Gasteiger partial charge on any atom is -0.392 e. The molecule has 0 aliphatic heterocycles. The molecule has 0 saturated heterocycles. The molecule has 0 aliphatic rings. The average Bonchev–Trinajstić information content (AvgIpc) is 2.45. The number of rotatable bonds is 15. The average molecular weight is 287 g/mol. The van der Waals surface area contributed by atoms with E-state index in [1.54, 1.807) is 0 Å². The number of hydrogen-bond acceptors (Lipinski definition) is 3. The molecule has 0 bridgehead atoms. The van der Waals surface area contributed by atoms with Crippen LogP contribution >= 0.6 is 0 Å². The Balaban J connectivity index is 3.91. The summed E-state index contributed by atoms with van der Waals surface area (Å²) in [7, 11) is 0. The minimum atomic E-state index is -0.189. The van der Waals surface area contributed by atoms with Crippen molar-refractivity contribution in [3.8, 4) is 0 Å². The van der Waals surface area contributed by atoms with Crippen molar-refractivity contribution < 1.29 is 5.11 Å². The molecule has 0 saturated carbocycles. The number of aliphatic hydroxyl groups is 1. The highest BCUT2D eigenvalue weighted by atomic mass is 16.3. The summed E-state index contributed by atoms with van der Waals surface area (Å²) < 4.78 is 0. The van der Waals surface area contributed by atoms with Crippen molar-refractivity contribution in [3.63, 3.8) is 0 Å². The first kappa shape index (κ1) is 19.9. The van der Waals surface area contributed by atoms with Gasteiger partial charge in [-0.15, -0.1) is 0 Å². The molecular weight excluding hydrogens is 248 g/mol. The monoisotopic (exact) mass is 286 g/mol. The van der Waals surface area contributed by atoms with E-state index in [4.69, 9.17) is 0 Å². The molecule has 0 aliphatic carbocycles. The molecule has 0 aromatic rings. The largest absolute Gasteiger partial charge is 0.392 e. The third-order valence-corrected chi connectivity index (χ3v) is 3.84. The van der Waals surface area contributed by atoms with Crippen LogP contribution in [-0.2, 0) is 0 Å². The van der Waals surface area contributed by atoms with Crippen LogP contribution in [0.4, 0.5) is 0 Å². The summed E-state index contributed by atoms with van der Waals surface area (Å²) in [6.45, 7) is 9.77. The van der Waals surface area contributed by atoms with Crippen LogP contribution < -0.4 is 10.6 Å². The maximum absolute atomic E-state index is 10.3. The van der Waals surface area contributed by atoms with Gasteiger partial charge < -0.3 is 15.7 Å². The van der Waals surface area contributed by atoms with Crippen molar-refractivity contribution in [1.29, 1.82) is 0 Å². The Morgan fingerprint density at radius 1 is 0.750 bits per heavy atom. The van der Waals surface area contributed by atoms with Crippen LogP contribution in [0.15, 0.2) is 0 Å². The van der Waals surface area contributed by atoms with Crippen molar-refractivity contribution in [2.45, 2.75) is 90.7 Å². The Morgan fingerprint density at radius 2 is 1.40 bits per heavy atom. The lowest BCUT2D eigenvalue weighted by molar-refractivity contribution is 0.111. The zero-order valence-corrected chi connectivity index (χ0v) is 14.1. The van der Waals surface area contributed by atoms with Gasteiger partial charge in [-0.05, 0) is 45.3 Å². The molecule has 0 amide bonds. The standard InChI is InChI=1S/C17H38N2O/c1-4-7-10-11-17(20)16(19-14-9-6-3)12-15-18-13-8-5-2/h16-20H,4-15H2,1-3H3. The van der Waals surface area contributed by atoms with E-state index in [9.17, 15) is 5.11 Å². The zero-order chi connectivity index (χ0) is 15.1. The lowest BCUT2D eigenvalue weighted by Crippen LogP contribution is -2.42. The summed E-state index contributed by atoms with van der Waals surface area (Å²) in [5.74, 6) is 0. The molecule has 0 aromatic heterocycles. The van der Waals surface area contributed by atoms with Gasteiger partial charge in [-0.1, -0.05) is 52.9 Å². The molecule has 0 heterocycles. The summed E-state index contributed by atoms with van der Waals surface area (Å²) in [4.78, 5) is 0. The van der Waals surface area contributed by atoms with Gasteiger partial charge in [0.1, 0.15) is 0 Å². The highest BCUT2D eigenvalue weighted by Crippen LogP contribution is 2.09. The molecule has 20 heavy (non-hydrogen) atoms. The molecule has 3 nitrogen and oxygen atoms in total. The van der Waals surface area contributed by atoms with Gasteiger partial charge in [0.2, 0.25) is 0 Å². The van der Waals surface area contributed by atoms with E-state index in [0.29, 0.717) is 0 Å². The van der Waals surface area contributed by atoms with Crippen LogP contribution in [0, 0.1) is 0 Å². The molecule has 122 valence electrons. The van der Waals surface area contributed by atoms with Gasteiger partial charge >= 0.3 is 0 Å². The van der Waals surface area contributed by atoms with E-state index in [2.05, 4.69) is 31.4 Å². The van der Waals surface area contributed by atoms with Crippen LogP contribution in [0.25, 0.3) is 0 Å². The van der Waals surface area contributed by atoms with Gasteiger partial charge in [0.25, 0.3) is 0 Å². The molecule has 0 rings (SSSR count). The minimum absolute atomic E-state index is 0.189. The van der Waals surface area contributed by atoms with Crippen molar-refractivity contribution in [3.05, 3.63) is 0 Å². The zero-order valence-electron chi connectivity index (χ0n) is 14.1. The number of unbranched alkanes of at least 4 members (excludes halogenated alkanes) is 4. The van der Waals surface area contributed by atoms with E-state index < -0.39 is 0 Å². The first-order chi connectivity index (χ1) is 9.76. The number of aliphatic hydroxyl groups excluding tert-OH is 1. The molecule has 3 heteroatoms. The highest BCUT2D eigenvalue weighted by molar-refractivity contribution is 4.76.